The highest BCUT2D eigenvalue weighted by Gasteiger charge is 2.61. The van der Waals surface area contributed by atoms with E-state index in [1.807, 2.05) is 0 Å². The van der Waals surface area contributed by atoms with E-state index in [2.05, 4.69) is 13.0 Å². The van der Waals surface area contributed by atoms with Gasteiger partial charge >= 0.3 is 5.97 Å². The van der Waals surface area contributed by atoms with Gasteiger partial charge in [-0.2, -0.15) is 0 Å². The van der Waals surface area contributed by atoms with Crippen molar-refractivity contribution in [1.82, 2.24) is 0 Å². The summed E-state index contributed by atoms with van der Waals surface area (Å²) in [6.45, 7) is 3.86. The van der Waals surface area contributed by atoms with Crippen LogP contribution in [0.5, 0.6) is 0 Å². The second-order valence-corrected chi connectivity index (χ2v) is 11.5. The standard InChI is InChI=1S/C27H40O5/c1-18(29)31-24-9-8-22-21-7-6-19-16-20(32-27(30-3)12-4-5-13-27)10-15-26(19,17-28)23(21)11-14-25(22,24)2/h6,17,20-24H,4-5,7-16H2,1-3H3/t20-,21-,22-,23-,24-,25-,26+/m0/s1. The summed E-state index contributed by atoms with van der Waals surface area (Å²) in [5, 5.41) is 0. The highest BCUT2D eigenvalue weighted by atomic mass is 16.7. The van der Waals surface area contributed by atoms with E-state index in [0.717, 1.165) is 64.2 Å². The summed E-state index contributed by atoms with van der Waals surface area (Å²) >= 11 is 0. The molecule has 0 bridgehead atoms. The second kappa shape index (κ2) is 8.23. The van der Waals surface area contributed by atoms with Crippen molar-refractivity contribution in [1.29, 1.82) is 0 Å². The number of fused-ring (bicyclic) bond motifs is 5. The Kier molecular flexibility index (Phi) is 5.81. The van der Waals surface area contributed by atoms with Gasteiger partial charge in [-0.05, 0) is 82.0 Å². The van der Waals surface area contributed by atoms with Gasteiger partial charge < -0.3 is 19.0 Å². The Labute approximate surface area is 192 Å². The maximum Gasteiger partial charge on any atom is 0.302 e. The van der Waals surface area contributed by atoms with E-state index in [0.29, 0.717) is 17.8 Å². The molecule has 0 aromatic heterocycles. The van der Waals surface area contributed by atoms with Gasteiger partial charge in [-0.25, -0.2) is 0 Å². The first-order chi connectivity index (χ1) is 15.4. The molecule has 0 heterocycles. The third kappa shape index (κ3) is 3.41. The minimum Gasteiger partial charge on any atom is -0.462 e. The molecule has 5 rings (SSSR count). The van der Waals surface area contributed by atoms with Gasteiger partial charge in [0.1, 0.15) is 12.4 Å². The van der Waals surface area contributed by atoms with Crippen LogP contribution in [0.15, 0.2) is 11.6 Å². The van der Waals surface area contributed by atoms with Gasteiger partial charge in [0.2, 0.25) is 0 Å². The molecule has 32 heavy (non-hydrogen) atoms. The minimum absolute atomic E-state index is 0.0317. The van der Waals surface area contributed by atoms with Crippen LogP contribution in [-0.2, 0) is 23.8 Å². The van der Waals surface area contributed by atoms with E-state index in [-0.39, 0.29) is 29.0 Å². The van der Waals surface area contributed by atoms with Crippen LogP contribution in [0, 0.1) is 28.6 Å². The molecule has 0 unspecified atom stereocenters. The summed E-state index contributed by atoms with van der Waals surface area (Å²) in [5.41, 5.74) is 1.06. The third-order valence-corrected chi connectivity index (χ3v) is 10.2. The molecule has 5 aliphatic carbocycles. The van der Waals surface area contributed by atoms with Crippen LogP contribution in [0.25, 0.3) is 0 Å². The van der Waals surface area contributed by atoms with Crippen molar-refractivity contribution in [3.05, 3.63) is 11.6 Å². The largest absolute Gasteiger partial charge is 0.462 e. The number of rotatable bonds is 5. The monoisotopic (exact) mass is 444 g/mol. The number of aldehydes is 1. The lowest BCUT2D eigenvalue weighted by Gasteiger charge is -2.57. The summed E-state index contributed by atoms with van der Waals surface area (Å²) in [4.78, 5) is 24.4. The van der Waals surface area contributed by atoms with E-state index in [1.165, 1.54) is 31.6 Å². The van der Waals surface area contributed by atoms with Crippen molar-refractivity contribution in [3.8, 4) is 0 Å². The zero-order valence-electron chi connectivity index (χ0n) is 20.1. The molecule has 7 atom stereocenters. The molecule has 0 aromatic carbocycles. The molecule has 0 spiro atoms. The van der Waals surface area contributed by atoms with Crippen molar-refractivity contribution in [3.63, 3.8) is 0 Å². The molecule has 4 fully saturated rings. The maximum atomic E-state index is 12.7. The van der Waals surface area contributed by atoms with Crippen molar-refractivity contribution in [2.75, 3.05) is 7.11 Å². The van der Waals surface area contributed by atoms with Gasteiger partial charge in [0.25, 0.3) is 0 Å². The minimum atomic E-state index is -0.411. The number of hydrogen-bond acceptors (Lipinski definition) is 5. The number of methoxy groups -OCH3 is 1. The summed E-state index contributed by atoms with van der Waals surface area (Å²) in [7, 11) is 1.78. The fourth-order valence-corrected chi connectivity index (χ4v) is 8.58. The number of allylic oxidation sites excluding steroid dienone is 1. The zero-order chi connectivity index (χ0) is 22.6. The van der Waals surface area contributed by atoms with Crippen molar-refractivity contribution >= 4 is 12.3 Å². The second-order valence-electron chi connectivity index (χ2n) is 11.5. The molecule has 0 N–H and O–H groups in total. The SMILES string of the molecule is COC1(O[C@H]2CC[C@@]3(C=O)C(=CC[C@H]4[C@@H]5CC[C@H](OC(C)=O)[C@@]5(C)CC[C@@H]43)C2)CCCC1. The molecular formula is C27H40O5. The highest BCUT2D eigenvalue weighted by Crippen LogP contribution is 2.65. The Morgan fingerprint density at radius 3 is 2.53 bits per heavy atom. The summed E-state index contributed by atoms with van der Waals surface area (Å²) < 4.78 is 18.2. The molecule has 0 saturated heterocycles. The molecule has 5 aliphatic rings. The average molecular weight is 445 g/mol. The quantitative estimate of drug-likeness (QED) is 0.247. The summed E-state index contributed by atoms with van der Waals surface area (Å²) in [5.74, 6) is 0.887. The van der Waals surface area contributed by atoms with Gasteiger partial charge in [0, 0.05) is 32.3 Å². The van der Waals surface area contributed by atoms with Crippen LogP contribution >= 0.6 is 0 Å². The Balaban J connectivity index is 1.36. The van der Waals surface area contributed by atoms with E-state index < -0.39 is 5.79 Å². The van der Waals surface area contributed by atoms with E-state index in [9.17, 15) is 9.59 Å². The molecule has 4 saturated carbocycles. The first kappa shape index (κ1) is 22.6. The van der Waals surface area contributed by atoms with Crippen LogP contribution < -0.4 is 0 Å². The Morgan fingerprint density at radius 2 is 1.84 bits per heavy atom. The third-order valence-electron chi connectivity index (χ3n) is 10.2. The lowest BCUT2D eigenvalue weighted by atomic mass is 9.47. The Bertz CT molecular complexity index is 783. The number of carbonyl (C=O) groups is 2. The molecule has 5 heteroatoms. The first-order valence-electron chi connectivity index (χ1n) is 12.9. The van der Waals surface area contributed by atoms with E-state index in [4.69, 9.17) is 14.2 Å². The number of ether oxygens (including phenoxy) is 3. The molecule has 178 valence electrons. The zero-order valence-corrected chi connectivity index (χ0v) is 20.1. The lowest BCUT2D eigenvalue weighted by Crippen LogP contribution is -2.53. The van der Waals surface area contributed by atoms with Gasteiger partial charge in [-0.3, -0.25) is 4.79 Å². The van der Waals surface area contributed by atoms with Gasteiger partial charge in [-0.1, -0.05) is 18.6 Å². The topological polar surface area (TPSA) is 61.8 Å². The lowest BCUT2D eigenvalue weighted by molar-refractivity contribution is -0.246. The smallest absolute Gasteiger partial charge is 0.302 e. The normalized spacial score (nSPS) is 44.7. The first-order valence-corrected chi connectivity index (χ1v) is 12.9. The van der Waals surface area contributed by atoms with Crippen molar-refractivity contribution in [2.24, 2.45) is 28.6 Å². The van der Waals surface area contributed by atoms with Gasteiger partial charge in [-0.15, -0.1) is 0 Å². The van der Waals surface area contributed by atoms with Crippen molar-refractivity contribution in [2.45, 2.75) is 109 Å². The van der Waals surface area contributed by atoms with Crippen LogP contribution in [0.1, 0.15) is 90.9 Å². The molecular weight excluding hydrogens is 404 g/mol. The fourth-order valence-electron chi connectivity index (χ4n) is 8.58. The molecule has 5 nitrogen and oxygen atoms in total. The van der Waals surface area contributed by atoms with Crippen LogP contribution in [-0.4, -0.2) is 37.4 Å². The van der Waals surface area contributed by atoms with E-state index >= 15 is 0 Å². The van der Waals surface area contributed by atoms with Gasteiger partial charge in [0.05, 0.1) is 11.5 Å². The van der Waals surface area contributed by atoms with Crippen LogP contribution in [0.4, 0.5) is 0 Å². The summed E-state index contributed by atoms with van der Waals surface area (Å²) in [6.07, 6.45) is 16.1. The predicted octanol–water partition coefficient (Wildman–Crippen LogP) is 5.36. The maximum absolute atomic E-state index is 12.7. The average Bonchev–Trinajstić information content (AvgIpc) is 3.38. The molecule has 0 aromatic rings. The van der Waals surface area contributed by atoms with Crippen molar-refractivity contribution < 1.29 is 23.8 Å². The van der Waals surface area contributed by atoms with Gasteiger partial charge in [0.15, 0.2) is 5.79 Å². The van der Waals surface area contributed by atoms with Crippen LogP contribution in [0.3, 0.4) is 0 Å². The number of carbonyl (C=O) groups excluding carboxylic acids is 2. The molecule has 0 radical (unpaired) electrons. The van der Waals surface area contributed by atoms with Crippen LogP contribution in [0.2, 0.25) is 0 Å². The molecule has 0 aliphatic heterocycles. The summed E-state index contributed by atoms with van der Waals surface area (Å²) in [6, 6.07) is 0. The Hall–Kier alpha value is -1.20. The van der Waals surface area contributed by atoms with E-state index in [1.54, 1.807) is 7.11 Å². The highest BCUT2D eigenvalue weighted by molar-refractivity contribution is 5.68. The number of esters is 1. The predicted molar refractivity (Wildman–Crippen MR) is 121 cm³/mol. The molecule has 0 amide bonds. The number of hydrogen-bond donors (Lipinski definition) is 0. The Morgan fingerprint density at radius 1 is 1.06 bits per heavy atom. The fraction of sp³-hybridized carbons (Fsp3) is 0.852.